The fourth-order valence-electron chi connectivity index (χ4n) is 1.58. The van der Waals surface area contributed by atoms with Gasteiger partial charge in [-0.25, -0.2) is 0 Å². The summed E-state index contributed by atoms with van der Waals surface area (Å²) < 4.78 is 5.05. The number of likely N-dealkylation sites (N-methyl/N-ethyl adjacent to an activating group) is 1. The van der Waals surface area contributed by atoms with Gasteiger partial charge in [0.15, 0.2) is 0 Å². The Morgan fingerprint density at radius 2 is 1.75 bits per heavy atom. The van der Waals surface area contributed by atoms with Crippen molar-refractivity contribution in [1.82, 2.24) is 4.90 Å². The summed E-state index contributed by atoms with van der Waals surface area (Å²) in [6.45, 7) is 7.69. The third kappa shape index (κ3) is 8.53. The van der Waals surface area contributed by atoms with Gasteiger partial charge in [0.1, 0.15) is 5.75 Å². The summed E-state index contributed by atoms with van der Waals surface area (Å²) in [6, 6.07) is 7.31. The highest BCUT2D eigenvalue weighted by molar-refractivity contribution is 5.92. The van der Waals surface area contributed by atoms with Crippen LogP contribution in [0.5, 0.6) is 5.75 Å². The molecule has 0 aliphatic rings. The van der Waals surface area contributed by atoms with Crippen LogP contribution in [0.2, 0.25) is 0 Å². The van der Waals surface area contributed by atoms with Crippen LogP contribution in [0.1, 0.15) is 33.6 Å². The van der Waals surface area contributed by atoms with E-state index in [4.69, 9.17) is 4.74 Å². The third-order valence-corrected chi connectivity index (χ3v) is 2.39. The lowest BCUT2D eigenvalue weighted by atomic mass is 10.3. The van der Waals surface area contributed by atoms with Gasteiger partial charge in [-0.3, -0.25) is 9.69 Å². The van der Waals surface area contributed by atoms with Crippen LogP contribution in [0.3, 0.4) is 0 Å². The molecule has 0 aliphatic heterocycles. The molecule has 1 aromatic carbocycles. The molecule has 1 amide bonds. The second kappa shape index (κ2) is 11.3. The largest absolute Gasteiger partial charge is 0.497 e. The van der Waals surface area contributed by atoms with Crippen LogP contribution in [-0.4, -0.2) is 38.1 Å². The van der Waals surface area contributed by atoms with Gasteiger partial charge in [0.25, 0.3) is 0 Å². The average molecular weight is 280 g/mol. The van der Waals surface area contributed by atoms with Crippen molar-refractivity contribution in [3.63, 3.8) is 0 Å². The molecule has 0 saturated carbocycles. The summed E-state index contributed by atoms with van der Waals surface area (Å²) >= 11 is 0. The molecule has 0 unspecified atom stereocenters. The summed E-state index contributed by atoms with van der Waals surface area (Å²) in [6.07, 6.45) is 2.30. The van der Waals surface area contributed by atoms with Crippen LogP contribution in [0, 0.1) is 0 Å². The third-order valence-electron chi connectivity index (χ3n) is 2.39. The zero-order valence-corrected chi connectivity index (χ0v) is 13.4. The maximum absolute atomic E-state index is 11.7. The van der Waals surface area contributed by atoms with Crippen LogP contribution in [0.25, 0.3) is 0 Å². The van der Waals surface area contributed by atoms with Gasteiger partial charge in [-0.05, 0) is 44.3 Å². The van der Waals surface area contributed by atoms with E-state index in [1.54, 1.807) is 7.11 Å². The number of anilines is 1. The molecule has 0 bridgehead atoms. The Hall–Kier alpha value is -1.55. The Balaban J connectivity index is 0.00000110. The molecular weight excluding hydrogens is 252 g/mol. The van der Waals surface area contributed by atoms with Crippen LogP contribution in [0.15, 0.2) is 24.3 Å². The Morgan fingerprint density at radius 3 is 2.20 bits per heavy atom. The van der Waals surface area contributed by atoms with E-state index in [-0.39, 0.29) is 5.91 Å². The summed E-state index contributed by atoms with van der Waals surface area (Å²) in [7, 11) is 3.56. The van der Waals surface area contributed by atoms with Gasteiger partial charge >= 0.3 is 0 Å². The summed E-state index contributed by atoms with van der Waals surface area (Å²) in [5.74, 6) is 0.789. The van der Waals surface area contributed by atoms with Crippen molar-refractivity contribution in [2.75, 3.05) is 32.6 Å². The first-order valence-corrected chi connectivity index (χ1v) is 7.19. The number of rotatable bonds is 6. The fraction of sp³-hybridized carbons (Fsp3) is 0.562. The predicted molar refractivity (Wildman–Crippen MR) is 85.4 cm³/mol. The molecular formula is C16H28N2O2. The lowest BCUT2D eigenvalue weighted by Crippen LogP contribution is -2.30. The molecule has 1 N–H and O–H groups in total. The van der Waals surface area contributed by atoms with Crippen LogP contribution in [0.4, 0.5) is 5.69 Å². The molecule has 0 atom stereocenters. The van der Waals surface area contributed by atoms with Crippen LogP contribution in [-0.2, 0) is 4.79 Å². The first-order valence-electron chi connectivity index (χ1n) is 7.19. The van der Waals surface area contributed by atoms with E-state index in [0.29, 0.717) is 6.54 Å². The Labute approximate surface area is 123 Å². The topological polar surface area (TPSA) is 41.6 Å². The minimum absolute atomic E-state index is 0.00566. The number of carbonyl (C=O) groups excluding carboxylic acids is 1. The normalized spacial score (nSPS) is 9.70. The highest BCUT2D eigenvalue weighted by Crippen LogP contribution is 2.14. The molecule has 0 spiro atoms. The van der Waals surface area contributed by atoms with Crippen molar-refractivity contribution >= 4 is 11.6 Å². The molecule has 0 aliphatic carbocycles. The average Bonchev–Trinajstić information content (AvgIpc) is 2.40. The number of hydrogen-bond donors (Lipinski definition) is 1. The highest BCUT2D eigenvalue weighted by atomic mass is 16.5. The summed E-state index contributed by atoms with van der Waals surface area (Å²) in [5.41, 5.74) is 0.792. The van der Waals surface area contributed by atoms with Crippen molar-refractivity contribution in [3.8, 4) is 5.75 Å². The highest BCUT2D eigenvalue weighted by Gasteiger charge is 2.05. The van der Waals surface area contributed by atoms with E-state index in [2.05, 4.69) is 26.1 Å². The van der Waals surface area contributed by atoms with E-state index in [9.17, 15) is 4.79 Å². The van der Waals surface area contributed by atoms with E-state index in [1.165, 1.54) is 6.42 Å². The molecule has 4 nitrogen and oxygen atoms in total. The molecule has 1 aromatic rings. The summed E-state index contributed by atoms with van der Waals surface area (Å²) in [4.78, 5) is 13.7. The maximum Gasteiger partial charge on any atom is 0.238 e. The zero-order valence-electron chi connectivity index (χ0n) is 13.4. The molecule has 0 aromatic heterocycles. The molecule has 0 heterocycles. The Bertz CT molecular complexity index is 363. The lowest BCUT2D eigenvalue weighted by Gasteiger charge is -2.15. The second-order valence-electron chi connectivity index (χ2n) is 4.72. The Morgan fingerprint density at radius 1 is 1.20 bits per heavy atom. The standard InChI is InChI=1S/C13H20N2O2.C3H8/c1-4-9-15(2)10-13(16)14-11-5-7-12(17-3)8-6-11;1-3-2/h5-8H,4,9-10H2,1-3H3,(H,14,16);3H2,1-2H3. The number of amides is 1. The van der Waals surface area contributed by atoms with Gasteiger partial charge < -0.3 is 10.1 Å². The van der Waals surface area contributed by atoms with Gasteiger partial charge in [0.05, 0.1) is 13.7 Å². The number of ether oxygens (including phenoxy) is 1. The van der Waals surface area contributed by atoms with Gasteiger partial charge in [0.2, 0.25) is 5.91 Å². The number of carbonyl (C=O) groups is 1. The SMILES string of the molecule is CCC.CCCN(C)CC(=O)Nc1ccc(OC)cc1. The first-order chi connectivity index (χ1) is 9.57. The molecule has 0 fully saturated rings. The minimum Gasteiger partial charge on any atom is -0.497 e. The van der Waals surface area contributed by atoms with Crippen molar-refractivity contribution in [3.05, 3.63) is 24.3 Å². The van der Waals surface area contributed by atoms with Crippen molar-refractivity contribution in [2.24, 2.45) is 0 Å². The Kier molecular flexibility index (Phi) is 10.4. The van der Waals surface area contributed by atoms with Gasteiger partial charge in [-0.2, -0.15) is 0 Å². The second-order valence-corrected chi connectivity index (χ2v) is 4.72. The van der Waals surface area contributed by atoms with Crippen molar-refractivity contribution in [1.29, 1.82) is 0 Å². The van der Waals surface area contributed by atoms with Crippen LogP contribution >= 0.6 is 0 Å². The van der Waals surface area contributed by atoms with Crippen LogP contribution < -0.4 is 10.1 Å². The zero-order chi connectivity index (χ0) is 15.4. The van der Waals surface area contributed by atoms with Gasteiger partial charge in [-0.15, -0.1) is 0 Å². The summed E-state index contributed by atoms with van der Waals surface area (Å²) in [5, 5.41) is 2.85. The van der Waals surface area contributed by atoms with E-state index < -0.39 is 0 Å². The number of nitrogens with one attached hydrogen (secondary N) is 1. The fourth-order valence-corrected chi connectivity index (χ4v) is 1.58. The number of benzene rings is 1. The molecule has 1 rings (SSSR count). The number of methoxy groups -OCH3 is 1. The van der Waals surface area contributed by atoms with Gasteiger partial charge in [0, 0.05) is 5.69 Å². The quantitative estimate of drug-likeness (QED) is 0.868. The lowest BCUT2D eigenvalue weighted by molar-refractivity contribution is -0.117. The number of hydrogen-bond acceptors (Lipinski definition) is 3. The number of nitrogens with zero attached hydrogens (tertiary/aromatic N) is 1. The monoisotopic (exact) mass is 280 g/mol. The molecule has 20 heavy (non-hydrogen) atoms. The van der Waals surface area contributed by atoms with E-state index in [1.807, 2.05) is 36.2 Å². The van der Waals surface area contributed by atoms with E-state index >= 15 is 0 Å². The predicted octanol–water partition coefficient (Wildman–Crippen LogP) is 3.39. The molecule has 114 valence electrons. The van der Waals surface area contributed by atoms with Crippen molar-refractivity contribution in [2.45, 2.75) is 33.6 Å². The minimum atomic E-state index is 0.00566. The molecule has 0 radical (unpaired) electrons. The first kappa shape index (κ1) is 18.4. The molecule has 0 saturated heterocycles. The van der Waals surface area contributed by atoms with Crippen molar-refractivity contribution < 1.29 is 9.53 Å². The maximum atomic E-state index is 11.7. The van der Waals surface area contributed by atoms with Gasteiger partial charge in [-0.1, -0.05) is 27.2 Å². The van der Waals surface area contributed by atoms with E-state index in [0.717, 1.165) is 24.4 Å². The smallest absolute Gasteiger partial charge is 0.238 e. The molecule has 4 heteroatoms.